The Morgan fingerprint density at radius 1 is 1.11 bits per heavy atom. The first kappa shape index (κ1) is 17.6. The van der Waals surface area contributed by atoms with E-state index in [0.717, 1.165) is 29.7 Å². The maximum atomic E-state index is 12.6. The molecule has 0 aromatic heterocycles. The molecule has 1 aromatic rings. The largest absolute Gasteiger partial charge is 0.354 e. The van der Waals surface area contributed by atoms with Crippen LogP contribution in [0.4, 0.5) is 5.69 Å². The van der Waals surface area contributed by atoms with Crippen molar-refractivity contribution in [2.45, 2.75) is 25.7 Å². The van der Waals surface area contributed by atoms with Crippen molar-refractivity contribution in [1.82, 2.24) is 10.2 Å². The van der Waals surface area contributed by atoms with Gasteiger partial charge in [0, 0.05) is 18.7 Å². The Kier molecular flexibility index (Phi) is 4.41. The van der Waals surface area contributed by atoms with Gasteiger partial charge in [0.15, 0.2) is 0 Å². The number of hydrogen-bond acceptors (Lipinski definition) is 5. The maximum Gasteiger partial charge on any atom is 0.269 e. The molecule has 1 aliphatic heterocycles. The minimum atomic E-state index is -0.461. The molecule has 142 valence electrons. The molecular formula is C19H21N3O5. The molecule has 2 saturated carbocycles. The average molecular weight is 371 g/mol. The summed E-state index contributed by atoms with van der Waals surface area (Å²) in [6.45, 7) is 0.120. The highest BCUT2D eigenvalue weighted by Gasteiger charge is 2.60. The van der Waals surface area contributed by atoms with Crippen molar-refractivity contribution in [3.05, 3.63) is 39.9 Å². The van der Waals surface area contributed by atoms with E-state index in [1.54, 1.807) is 12.1 Å². The van der Waals surface area contributed by atoms with Gasteiger partial charge in [0.25, 0.3) is 5.69 Å². The molecule has 1 aromatic carbocycles. The summed E-state index contributed by atoms with van der Waals surface area (Å²) < 4.78 is 0. The second-order valence-electron chi connectivity index (χ2n) is 7.67. The molecule has 1 unspecified atom stereocenters. The number of imide groups is 1. The minimum absolute atomic E-state index is 0.0216. The molecule has 8 nitrogen and oxygen atoms in total. The number of rotatable bonds is 6. The standard InChI is InChI=1S/C19H21N3O5/c23-15(20-8-7-11-1-5-14(6-2-11)22(26)27)10-21-18(24)16-12-3-4-13(9-12)17(16)19(21)25/h1-2,5-6,12-13,16-17H,3-4,7-10H2,(H,20,23)/t12-,13?,16-,17+/m1/s1. The molecule has 27 heavy (non-hydrogen) atoms. The zero-order valence-corrected chi connectivity index (χ0v) is 14.8. The summed E-state index contributed by atoms with van der Waals surface area (Å²) in [5, 5.41) is 13.4. The quantitative estimate of drug-likeness (QED) is 0.460. The van der Waals surface area contributed by atoms with Crippen molar-refractivity contribution in [2.75, 3.05) is 13.1 Å². The van der Waals surface area contributed by atoms with Crippen LogP contribution in [0.15, 0.2) is 24.3 Å². The number of nitro groups is 1. The van der Waals surface area contributed by atoms with Crippen LogP contribution in [0.1, 0.15) is 24.8 Å². The Morgan fingerprint density at radius 3 is 2.26 bits per heavy atom. The third kappa shape index (κ3) is 3.09. The van der Waals surface area contributed by atoms with E-state index in [-0.39, 0.29) is 41.8 Å². The van der Waals surface area contributed by atoms with Crippen LogP contribution in [0.2, 0.25) is 0 Å². The predicted molar refractivity (Wildman–Crippen MR) is 94.3 cm³/mol. The maximum absolute atomic E-state index is 12.6. The number of carbonyl (C=O) groups excluding carboxylic acids is 3. The van der Waals surface area contributed by atoms with Gasteiger partial charge in [-0.1, -0.05) is 12.1 Å². The lowest BCUT2D eigenvalue weighted by Gasteiger charge is -2.19. The van der Waals surface area contributed by atoms with E-state index in [0.29, 0.717) is 24.8 Å². The first-order valence-electron chi connectivity index (χ1n) is 9.31. The molecule has 1 heterocycles. The van der Waals surface area contributed by atoms with Gasteiger partial charge in [-0.05, 0) is 43.1 Å². The van der Waals surface area contributed by atoms with E-state index < -0.39 is 4.92 Å². The Balaban J connectivity index is 1.28. The third-order valence-corrected chi connectivity index (χ3v) is 6.20. The second-order valence-corrected chi connectivity index (χ2v) is 7.67. The fourth-order valence-corrected chi connectivity index (χ4v) is 4.96. The molecular weight excluding hydrogens is 350 g/mol. The van der Waals surface area contributed by atoms with Crippen molar-refractivity contribution < 1.29 is 19.3 Å². The Morgan fingerprint density at radius 2 is 1.70 bits per heavy atom. The number of nitrogens with one attached hydrogen (secondary N) is 1. The van der Waals surface area contributed by atoms with Crippen LogP contribution < -0.4 is 5.32 Å². The number of carbonyl (C=O) groups is 3. The highest BCUT2D eigenvalue weighted by molar-refractivity contribution is 6.08. The van der Waals surface area contributed by atoms with E-state index in [4.69, 9.17) is 0 Å². The number of non-ortho nitro benzene ring substituents is 1. The highest BCUT2D eigenvalue weighted by Crippen LogP contribution is 2.55. The van der Waals surface area contributed by atoms with E-state index in [1.807, 2.05) is 0 Å². The molecule has 3 amide bonds. The van der Waals surface area contributed by atoms with Gasteiger partial charge >= 0.3 is 0 Å². The van der Waals surface area contributed by atoms with Crippen molar-refractivity contribution in [2.24, 2.45) is 23.7 Å². The van der Waals surface area contributed by atoms with Crippen LogP contribution in [0.25, 0.3) is 0 Å². The summed E-state index contributed by atoms with van der Waals surface area (Å²) in [4.78, 5) is 48.6. The van der Waals surface area contributed by atoms with Gasteiger partial charge in [0.2, 0.25) is 17.7 Å². The van der Waals surface area contributed by atoms with Crippen LogP contribution in [-0.2, 0) is 20.8 Å². The number of amides is 3. The molecule has 1 saturated heterocycles. The highest BCUT2D eigenvalue weighted by atomic mass is 16.6. The SMILES string of the molecule is O=C(CN1C(=O)[C@@H]2[C@@H]3CCC(C3)[C@@H]2C1=O)NCCc1ccc([N+](=O)[O-])cc1. The summed E-state index contributed by atoms with van der Waals surface area (Å²) in [6, 6.07) is 6.14. The van der Waals surface area contributed by atoms with E-state index in [2.05, 4.69) is 5.32 Å². The molecule has 3 fully saturated rings. The van der Waals surface area contributed by atoms with Gasteiger partial charge in [-0.25, -0.2) is 0 Å². The number of nitrogens with zero attached hydrogens (tertiary/aromatic N) is 2. The van der Waals surface area contributed by atoms with Gasteiger partial charge in [0.1, 0.15) is 6.54 Å². The molecule has 3 aliphatic rings. The van der Waals surface area contributed by atoms with Crippen LogP contribution in [0.5, 0.6) is 0 Å². The first-order valence-corrected chi connectivity index (χ1v) is 9.31. The molecule has 0 spiro atoms. The average Bonchev–Trinajstić information content (AvgIpc) is 3.32. The fraction of sp³-hybridized carbons (Fsp3) is 0.526. The molecule has 2 aliphatic carbocycles. The summed E-state index contributed by atoms with van der Waals surface area (Å²) in [7, 11) is 0. The number of nitro benzene ring substituents is 1. The Labute approximate surface area is 156 Å². The summed E-state index contributed by atoms with van der Waals surface area (Å²) in [5.41, 5.74) is 0.883. The van der Waals surface area contributed by atoms with Crippen molar-refractivity contribution in [3.8, 4) is 0 Å². The molecule has 8 heteroatoms. The van der Waals surface area contributed by atoms with Crippen LogP contribution in [0, 0.1) is 33.8 Å². The monoisotopic (exact) mass is 371 g/mol. The lowest BCUT2D eigenvalue weighted by Crippen LogP contribution is -2.42. The number of likely N-dealkylation sites (tertiary alicyclic amines) is 1. The van der Waals surface area contributed by atoms with E-state index in [9.17, 15) is 24.5 Å². The van der Waals surface area contributed by atoms with Crippen molar-refractivity contribution >= 4 is 23.4 Å². The van der Waals surface area contributed by atoms with E-state index in [1.165, 1.54) is 12.1 Å². The summed E-state index contributed by atoms with van der Waals surface area (Å²) in [5.74, 6) is -0.497. The fourth-order valence-electron chi connectivity index (χ4n) is 4.96. The summed E-state index contributed by atoms with van der Waals surface area (Å²) in [6.07, 6.45) is 3.52. The smallest absolute Gasteiger partial charge is 0.269 e. The molecule has 4 atom stereocenters. The zero-order valence-electron chi connectivity index (χ0n) is 14.8. The Hall–Kier alpha value is -2.77. The predicted octanol–water partition coefficient (Wildman–Crippen LogP) is 1.28. The second kappa shape index (κ2) is 6.75. The summed E-state index contributed by atoms with van der Waals surface area (Å²) >= 11 is 0. The van der Waals surface area contributed by atoms with Gasteiger partial charge < -0.3 is 5.32 Å². The third-order valence-electron chi connectivity index (χ3n) is 6.20. The number of fused-ring (bicyclic) bond motifs is 5. The van der Waals surface area contributed by atoms with Crippen LogP contribution in [0.3, 0.4) is 0 Å². The molecule has 4 rings (SSSR count). The lowest BCUT2D eigenvalue weighted by atomic mass is 9.81. The molecule has 2 bridgehead atoms. The minimum Gasteiger partial charge on any atom is -0.354 e. The number of hydrogen-bond donors (Lipinski definition) is 1. The topological polar surface area (TPSA) is 110 Å². The Bertz CT molecular complexity index is 778. The van der Waals surface area contributed by atoms with Crippen LogP contribution in [-0.4, -0.2) is 40.6 Å². The molecule has 1 N–H and O–H groups in total. The van der Waals surface area contributed by atoms with Gasteiger partial charge in [-0.2, -0.15) is 0 Å². The lowest BCUT2D eigenvalue weighted by molar-refractivity contribution is -0.384. The number of benzene rings is 1. The van der Waals surface area contributed by atoms with Gasteiger partial charge in [-0.15, -0.1) is 0 Å². The van der Waals surface area contributed by atoms with Crippen molar-refractivity contribution in [1.29, 1.82) is 0 Å². The van der Waals surface area contributed by atoms with Crippen LogP contribution >= 0.6 is 0 Å². The van der Waals surface area contributed by atoms with E-state index >= 15 is 0 Å². The van der Waals surface area contributed by atoms with Crippen molar-refractivity contribution in [3.63, 3.8) is 0 Å². The van der Waals surface area contributed by atoms with Gasteiger partial charge in [-0.3, -0.25) is 29.4 Å². The first-order chi connectivity index (χ1) is 13.0. The molecule has 0 radical (unpaired) electrons. The van der Waals surface area contributed by atoms with Gasteiger partial charge in [0.05, 0.1) is 16.8 Å². The normalized spacial score (nSPS) is 28.5. The zero-order chi connectivity index (χ0) is 19.1.